The van der Waals surface area contributed by atoms with E-state index in [-0.39, 0.29) is 0 Å². The summed E-state index contributed by atoms with van der Waals surface area (Å²) in [4.78, 5) is 8.68. The van der Waals surface area contributed by atoms with Crippen molar-refractivity contribution >= 4 is 0 Å². The molecule has 1 aliphatic heterocycles. The Morgan fingerprint density at radius 3 is 3.11 bits per heavy atom. The van der Waals surface area contributed by atoms with E-state index in [1.54, 1.807) is 12.4 Å². The number of hydrogen-bond acceptors (Lipinski definition) is 5. The van der Waals surface area contributed by atoms with Gasteiger partial charge in [-0.1, -0.05) is 5.16 Å². The Morgan fingerprint density at radius 1 is 1.42 bits per heavy atom. The summed E-state index contributed by atoms with van der Waals surface area (Å²) in [6.07, 6.45) is 5.66. The molecular formula is C14H18N4O. The summed E-state index contributed by atoms with van der Waals surface area (Å²) in [5.74, 6) is 1.77. The first kappa shape index (κ1) is 12.3. The Bertz CT molecular complexity index is 566. The zero-order valence-electron chi connectivity index (χ0n) is 11.3. The molecule has 0 bridgehead atoms. The number of pyridine rings is 1. The van der Waals surface area contributed by atoms with Crippen LogP contribution in [-0.2, 0) is 0 Å². The summed E-state index contributed by atoms with van der Waals surface area (Å²) < 4.78 is 5.45. The fourth-order valence-corrected chi connectivity index (χ4v) is 2.56. The highest BCUT2D eigenvalue weighted by atomic mass is 16.5. The van der Waals surface area contributed by atoms with Gasteiger partial charge in [-0.25, -0.2) is 0 Å². The number of aromatic nitrogens is 3. The number of nitrogens with zero attached hydrogens (tertiary/aromatic N) is 3. The van der Waals surface area contributed by atoms with Crippen LogP contribution in [0.1, 0.15) is 37.1 Å². The minimum Gasteiger partial charge on any atom is -0.339 e. The topological polar surface area (TPSA) is 63.8 Å². The van der Waals surface area contributed by atoms with Crippen LogP contribution < -0.4 is 5.32 Å². The van der Waals surface area contributed by atoms with Crippen LogP contribution in [0.15, 0.2) is 23.0 Å². The summed E-state index contributed by atoms with van der Waals surface area (Å²) in [6.45, 7) is 5.23. The van der Waals surface area contributed by atoms with Gasteiger partial charge in [0.15, 0.2) is 0 Å². The number of piperidine rings is 1. The normalized spacial score (nSPS) is 23.5. The van der Waals surface area contributed by atoms with Gasteiger partial charge in [-0.3, -0.25) is 4.98 Å². The van der Waals surface area contributed by atoms with Crippen LogP contribution in [0.5, 0.6) is 0 Å². The Kier molecular flexibility index (Phi) is 3.29. The third-order valence-corrected chi connectivity index (χ3v) is 3.69. The first-order chi connectivity index (χ1) is 9.24. The monoisotopic (exact) mass is 258 g/mol. The van der Waals surface area contributed by atoms with E-state index in [1.807, 2.05) is 13.0 Å². The van der Waals surface area contributed by atoms with Gasteiger partial charge in [0.05, 0.1) is 0 Å². The van der Waals surface area contributed by atoms with E-state index in [2.05, 4.69) is 27.4 Å². The molecule has 0 aromatic carbocycles. The first-order valence-corrected chi connectivity index (χ1v) is 6.72. The summed E-state index contributed by atoms with van der Waals surface area (Å²) in [7, 11) is 0. The maximum absolute atomic E-state index is 5.45. The minimum atomic E-state index is 0.370. The fraction of sp³-hybridized carbons (Fsp3) is 0.500. The van der Waals surface area contributed by atoms with Crippen molar-refractivity contribution < 1.29 is 4.52 Å². The Hall–Kier alpha value is -1.75. The molecule has 0 amide bonds. The molecule has 0 saturated carbocycles. The van der Waals surface area contributed by atoms with Crippen molar-refractivity contribution in [2.45, 2.75) is 38.6 Å². The zero-order chi connectivity index (χ0) is 13.2. The molecule has 2 unspecified atom stereocenters. The third-order valence-electron chi connectivity index (χ3n) is 3.69. The first-order valence-electron chi connectivity index (χ1n) is 6.72. The highest BCUT2D eigenvalue weighted by molar-refractivity contribution is 5.57. The molecule has 1 aliphatic rings. The van der Waals surface area contributed by atoms with E-state index in [0.29, 0.717) is 17.8 Å². The van der Waals surface area contributed by atoms with Crippen molar-refractivity contribution in [3.05, 3.63) is 29.9 Å². The Morgan fingerprint density at radius 2 is 2.32 bits per heavy atom. The molecule has 2 aromatic rings. The number of aryl methyl sites for hydroxylation is 1. The lowest BCUT2D eigenvalue weighted by atomic mass is 9.93. The zero-order valence-corrected chi connectivity index (χ0v) is 11.3. The van der Waals surface area contributed by atoms with Gasteiger partial charge in [0, 0.05) is 29.9 Å². The van der Waals surface area contributed by atoms with Crippen molar-refractivity contribution in [2.75, 3.05) is 6.54 Å². The molecule has 1 saturated heterocycles. The molecule has 0 spiro atoms. The van der Waals surface area contributed by atoms with Crippen molar-refractivity contribution in [1.82, 2.24) is 20.4 Å². The van der Waals surface area contributed by atoms with E-state index in [1.165, 1.54) is 0 Å². The SMILES string of the molecule is Cc1ccncc1-c1noc(C2CCNC(C)C2)n1. The van der Waals surface area contributed by atoms with Crippen molar-refractivity contribution in [2.24, 2.45) is 0 Å². The van der Waals surface area contributed by atoms with Crippen LogP contribution in [0.2, 0.25) is 0 Å². The van der Waals surface area contributed by atoms with Crippen molar-refractivity contribution in [3.63, 3.8) is 0 Å². The van der Waals surface area contributed by atoms with Crippen molar-refractivity contribution in [1.29, 1.82) is 0 Å². The Labute approximate surface area is 112 Å². The van der Waals surface area contributed by atoms with Gasteiger partial charge in [-0.15, -0.1) is 0 Å². The van der Waals surface area contributed by atoms with Gasteiger partial charge in [-0.2, -0.15) is 4.98 Å². The summed E-state index contributed by atoms with van der Waals surface area (Å²) in [6, 6.07) is 2.46. The second-order valence-electron chi connectivity index (χ2n) is 5.22. The highest BCUT2D eigenvalue weighted by Gasteiger charge is 2.25. The van der Waals surface area contributed by atoms with Gasteiger partial charge in [0.1, 0.15) is 0 Å². The van der Waals surface area contributed by atoms with Crippen LogP contribution in [-0.4, -0.2) is 27.7 Å². The molecule has 19 heavy (non-hydrogen) atoms. The second kappa shape index (κ2) is 5.09. The molecule has 100 valence electrons. The van der Waals surface area contributed by atoms with Gasteiger partial charge < -0.3 is 9.84 Å². The smallest absolute Gasteiger partial charge is 0.230 e. The van der Waals surface area contributed by atoms with Crippen molar-refractivity contribution in [3.8, 4) is 11.4 Å². The van der Waals surface area contributed by atoms with Gasteiger partial charge in [0.25, 0.3) is 0 Å². The molecule has 2 aromatic heterocycles. The van der Waals surface area contributed by atoms with Crippen LogP contribution in [0.3, 0.4) is 0 Å². The fourth-order valence-electron chi connectivity index (χ4n) is 2.56. The molecule has 2 atom stereocenters. The molecule has 5 heteroatoms. The molecule has 1 N–H and O–H groups in total. The van der Waals surface area contributed by atoms with Crippen LogP contribution in [0.4, 0.5) is 0 Å². The van der Waals surface area contributed by atoms with Gasteiger partial charge in [-0.05, 0) is 44.9 Å². The maximum Gasteiger partial charge on any atom is 0.230 e. The summed E-state index contributed by atoms with van der Waals surface area (Å²) in [5.41, 5.74) is 2.06. The number of nitrogens with one attached hydrogen (secondary N) is 1. The van der Waals surface area contributed by atoms with Gasteiger partial charge in [0.2, 0.25) is 11.7 Å². The van der Waals surface area contributed by atoms with E-state index >= 15 is 0 Å². The van der Waals surface area contributed by atoms with Crippen LogP contribution in [0.25, 0.3) is 11.4 Å². The highest BCUT2D eigenvalue weighted by Crippen LogP contribution is 2.28. The number of rotatable bonds is 2. The van der Waals surface area contributed by atoms with Crippen LogP contribution in [0, 0.1) is 6.92 Å². The third kappa shape index (κ3) is 2.51. The second-order valence-corrected chi connectivity index (χ2v) is 5.22. The average Bonchev–Trinajstić information content (AvgIpc) is 2.89. The lowest BCUT2D eigenvalue weighted by molar-refractivity contribution is 0.295. The molecule has 0 aliphatic carbocycles. The van der Waals surface area contributed by atoms with E-state index in [9.17, 15) is 0 Å². The number of hydrogen-bond donors (Lipinski definition) is 1. The van der Waals surface area contributed by atoms with E-state index < -0.39 is 0 Å². The van der Waals surface area contributed by atoms with Crippen LogP contribution >= 0.6 is 0 Å². The molecular weight excluding hydrogens is 240 g/mol. The molecule has 1 fully saturated rings. The summed E-state index contributed by atoms with van der Waals surface area (Å²) in [5, 5.41) is 7.53. The minimum absolute atomic E-state index is 0.370. The maximum atomic E-state index is 5.45. The average molecular weight is 258 g/mol. The molecule has 5 nitrogen and oxygen atoms in total. The van der Waals surface area contributed by atoms with E-state index in [0.717, 1.165) is 36.4 Å². The lowest BCUT2D eigenvalue weighted by Gasteiger charge is -2.25. The Balaban J connectivity index is 1.85. The quantitative estimate of drug-likeness (QED) is 0.895. The largest absolute Gasteiger partial charge is 0.339 e. The molecule has 3 heterocycles. The summed E-state index contributed by atoms with van der Waals surface area (Å²) >= 11 is 0. The van der Waals surface area contributed by atoms with E-state index in [4.69, 9.17) is 4.52 Å². The molecule has 0 radical (unpaired) electrons. The predicted octanol–water partition coefficient (Wildman–Crippen LogP) is 2.30. The lowest BCUT2D eigenvalue weighted by Crippen LogP contribution is -2.34. The molecule has 3 rings (SSSR count). The van der Waals surface area contributed by atoms with Gasteiger partial charge >= 0.3 is 0 Å². The predicted molar refractivity (Wildman–Crippen MR) is 71.7 cm³/mol. The standard InChI is InChI=1S/C14H18N4O/c1-9-3-5-15-8-12(9)13-17-14(19-18-13)11-4-6-16-10(2)7-11/h3,5,8,10-11,16H,4,6-7H2,1-2H3.